The van der Waals surface area contributed by atoms with Gasteiger partial charge < -0.3 is 14.6 Å². The van der Waals surface area contributed by atoms with Crippen LogP contribution in [0.25, 0.3) is 0 Å². The fourth-order valence-electron chi connectivity index (χ4n) is 1.31. The van der Waals surface area contributed by atoms with Gasteiger partial charge >= 0.3 is 18.0 Å². The minimum absolute atomic E-state index is 0.102. The molecule has 8 nitrogen and oxygen atoms in total. The topological polar surface area (TPSA) is 119 Å². The number of amides is 1. The lowest BCUT2D eigenvalue weighted by Crippen LogP contribution is -2.52. The number of carboxylic acid groups (broad SMARTS) is 1. The predicted octanol–water partition coefficient (Wildman–Crippen LogP) is 0.894. The van der Waals surface area contributed by atoms with E-state index in [-0.39, 0.29) is 19.4 Å². The van der Waals surface area contributed by atoms with E-state index in [4.69, 9.17) is 20.4 Å². The van der Waals surface area contributed by atoms with Gasteiger partial charge in [0.25, 0.3) is 0 Å². The summed E-state index contributed by atoms with van der Waals surface area (Å²) in [7, 11) is 0. The number of ether oxygens (including phenoxy) is 2. The summed E-state index contributed by atoms with van der Waals surface area (Å²) < 4.78 is 9.80. The van der Waals surface area contributed by atoms with Crippen molar-refractivity contribution in [1.82, 2.24) is 5.01 Å². The Hall–Kier alpha value is -1.83. The Balaban J connectivity index is 4.86. The maximum Gasteiger partial charge on any atom is 0.425 e. The molecule has 0 aromatic carbocycles. The first-order valence-electron chi connectivity index (χ1n) is 6.23. The van der Waals surface area contributed by atoms with Crippen LogP contribution in [0.3, 0.4) is 0 Å². The number of carbonyl (C=O) groups excluding carboxylic acids is 2. The molecule has 20 heavy (non-hydrogen) atoms. The first kappa shape index (κ1) is 18.2. The highest BCUT2D eigenvalue weighted by molar-refractivity contribution is 5.81. The highest BCUT2D eigenvalue weighted by Gasteiger charge is 2.32. The van der Waals surface area contributed by atoms with Gasteiger partial charge in [-0.15, -0.1) is 0 Å². The zero-order valence-corrected chi connectivity index (χ0v) is 12.2. The van der Waals surface area contributed by atoms with Gasteiger partial charge in [0.1, 0.15) is 11.6 Å². The Morgan fingerprint density at radius 3 is 2.25 bits per heavy atom. The van der Waals surface area contributed by atoms with Gasteiger partial charge in [-0.1, -0.05) is 0 Å². The molecule has 0 aliphatic heterocycles. The number of hydrazine groups is 1. The lowest BCUT2D eigenvalue weighted by molar-refractivity contribution is -0.150. The molecule has 116 valence electrons. The molecule has 0 saturated heterocycles. The van der Waals surface area contributed by atoms with Crippen molar-refractivity contribution >= 4 is 18.0 Å². The van der Waals surface area contributed by atoms with Crippen molar-refractivity contribution in [2.75, 3.05) is 6.61 Å². The summed E-state index contributed by atoms with van der Waals surface area (Å²) in [5.41, 5.74) is -0.777. The Morgan fingerprint density at radius 2 is 1.85 bits per heavy atom. The second-order valence-corrected chi connectivity index (χ2v) is 5.09. The first-order chi connectivity index (χ1) is 9.08. The number of nitrogens with two attached hydrogens (primary N) is 1. The summed E-state index contributed by atoms with van der Waals surface area (Å²) in [6.07, 6.45) is -1.38. The van der Waals surface area contributed by atoms with Crippen LogP contribution < -0.4 is 5.84 Å². The van der Waals surface area contributed by atoms with Crippen LogP contribution in [-0.2, 0) is 19.1 Å². The standard InChI is InChI=1S/C12H22N2O6/c1-5-19-10(17)8(6-7-9(15)16)14(13)11(18)20-12(2,3)4/h8H,5-7,13H2,1-4H3,(H,15,16). The number of hydrogen-bond acceptors (Lipinski definition) is 6. The molecule has 3 N–H and O–H groups in total. The molecule has 0 spiro atoms. The van der Waals surface area contributed by atoms with Crippen LogP contribution in [-0.4, -0.2) is 46.4 Å². The highest BCUT2D eigenvalue weighted by atomic mass is 16.6. The van der Waals surface area contributed by atoms with E-state index >= 15 is 0 Å². The SMILES string of the molecule is CCOC(=O)C(CCC(=O)O)N(N)C(=O)OC(C)(C)C. The summed E-state index contributed by atoms with van der Waals surface area (Å²) in [6, 6.07) is -1.19. The van der Waals surface area contributed by atoms with Crippen LogP contribution in [0.15, 0.2) is 0 Å². The number of rotatable bonds is 6. The van der Waals surface area contributed by atoms with Crippen molar-refractivity contribution in [3.63, 3.8) is 0 Å². The van der Waals surface area contributed by atoms with E-state index in [1.807, 2.05) is 0 Å². The Kier molecular flexibility index (Phi) is 6.98. The van der Waals surface area contributed by atoms with E-state index < -0.39 is 29.7 Å². The average molecular weight is 290 g/mol. The number of hydrogen-bond donors (Lipinski definition) is 2. The third kappa shape index (κ3) is 6.93. The number of aliphatic carboxylic acids is 1. The number of carboxylic acids is 1. The van der Waals surface area contributed by atoms with Crippen LogP contribution in [0.4, 0.5) is 4.79 Å². The van der Waals surface area contributed by atoms with Crippen molar-refractivity contribution in [3.05, 3.63) is 0 Å². The normalized spacial score (nSPS) is 12.4. The van der Waals surface area contributed by atoms with E-state index in [0.29, 0.717) is 5.01 Å². The summed E-state index contributed by atoms with van der Waals surface area (Å²) in [5, 5.41) is 9.23. The fraction of sp³-hybridized carbons (Fsp3) is 0.750. The molecule has 1 atom stereocenters. The summed E-state index contributed by atoms with van der Waals surface area (Å²) >= 11 is 0. The van der Waals surface area contributed by atoms with E-state index in [2.05, 4.69) is 0 Å². The summed E-state index contributed by atoms with van der Waals surface area (Å²) in [6.45, 7) is 6.64. The third-order valence-corrected chi connectivity index (χ3v) is 2.13. The highest BCUT2D eigenvalue weighted by Crippen LogP contribution is 2.13. The largest absolute Gasteiger partial charge is 0.481 e. The molecule has 0 saturated carbocycles. The van der Waals surface area contributed by atoms with Crippen LogP contribution in [0, 0.1) is 0 Å². The van der Waals surface area contributed by atoms with Crippen LogP contribution in [0.2, 0.25) is 0 Å². The molecule has 0 aliphatic rings. The van der Waals surface area contributed by atoms with Crippen LogP contribution >= 0.6 is 0 Å². The van der Waals surface area contributed by atoms with Gasteiger partial charge in [-0.2, -0.15) is 0 Å². The lowest BCUT2D eigenvalue weighted by atomic mass is 10.1. The molecule has 0 bridgehead atoms. The zero-order valence-electron chi connectivity index (χ0n) is 12.2. The maximum absolute atomic E-state index is 11.8. The summed E-state index contributed by atoms with van der Waals surface area (Å²) in [4.78, 5) is 34.1. The van der Waals surface area contributed by atoms with Crippen molar-refractivity contribution in [3.8, 4) is 0 Å². The van der Waals surface area contributed by atoms with Crippen molar-refractivity contribution in [1.29, 1.82) is 0 Å². The van der Waals surface area contributed by atoms with E-state index in [0.717, 1.165) is 0 Å². The van der Waals surface area contributed by atoms with Gasteiger partial charge in [0.15, 0.2) is 0 Å². The van der Waals surface area contributed by atoms with Crippen molar-refractivity contribution < 1.29 is 29.0 Å². The first-order valence-corrected chi connectivity index (χ1v) is 6.23. The molecule has 0 aromatic heterocycles. The molecule has 8 heteroatoms. The van der Waals surface area contributed by atoms with Gasteiger partial charge in [0.05, 0.1) is 6.61 Å². The van der Waals surface area contributed by atoms with E-state index in [9.17, 15) is 14.4 Å². The summed E-state index contributed by atoms with van der Waals surface area (Å²) in [5.74, 6) is 3.69. The van der Waals surface area contributed by atoms with Crippen molar-refractivity contribution in [2.45, 2.75) is 52.2 Å². The molecule has 0 heterocycles. The molecule has 0 rings (SSSR count). The van der Waals surface area contributed by atoms with Gasteiger partial charge in [-0.25, -0.2) is 20.4 Å². The Bertz CT molecular complexity index is 363. The average Bonchev–Trinajstić information content (AvgIpc) is 2.26. The smallest absolute Gasteiger partial charge is 0.425 e. The number of esters is 1. The van der Waals surface area contributed by atoms with Gasteiger partial charge in [-0.05, 0) is 34.1 Å². The fourth-order valence-corrected chi connectivity index (χ4v) is 1.31. The number of nitrogens with zero attached hydrogens (tertiary/aromatic N) is 1. The second-order valence-electron chi connectivity index (χ2n) is 5.09. The Morgan fingerprint density at radius 1 is 1.30 bits per heavy atom. The maximum atomic E-state index is 11.8. The number of carbonyl (C=O) groups is 3. The monoisotopic (exact) mass is 290 g/mol. The molecule has 1 amide bonds. The second kappa shape index (κ2) is 7.68. The van der Waals surface area contributed by atoms with E-state index in [1.165, 1.54) is 0 Å². The molecular weight excluding hydrogens is 268 g/mol. The van der Waals surface area contributed by atoms with Gasteiger partial charge in [0.2, 0.25) is 0 Å². The minimum atomic E-state index is -1.19. The molecular formula is C12H22N2O6. The van der Waals surface area contributed by atoms with Gasteiger partial charge in [0, 0.05) is 6.42 Å². The van der Waals surface area contributed by atoms with Crippen LogP contribution in [0.1, 0.15) is 40.5 Å². The van der Waals surface area contributed by atoms with Crippen LogP contribution in [0.5, 0.6) is 0 Å². The predicted molar refractivity (Wildman–Crippen MR) is 69.6 cm³/mol. The Labute approximate surface area is 117 Å². The van der Waals surface area contributed by atoms with E-state index in [1.54, 1.807) is 27.7 Å². The lowest BCUT2D eigenvalue weighted by Gasteiger charge is -2.28. The molecule has 0 aromatic rings. The molecule has 0 radical (unpaired) electrons. The molecule has 0 aliphatic carbocycles. The van der Waals surface area contributed by atoms with Crippen molar-refractivity contribution in [2.24, 2.45) is 5.84 Å². The quantitative estimate of drug-likeness (QED) is 0.322. The van der Waals surface area contributed by atoms with Gasteiger partial charge in [-0.3, -0.25) is 4.79 Å². The molecule has 0 fully saturated rings. The molecule has 1 unspecified atom stereocenters. The minimum Gasteiger partial charge on any atom is -0.481 e. The zero-order chi connectivity index (χ0) is 15.9. The third-order valence-electron chi connectivity index (χ3n) is 2.13.